The highest BCUT2D eigenvalue weighted by molar-refractivity contribution is 6.08. The number of amides is 4. The molecule has 0 aromatic heterocycles. The molecule has 0 spiro atoms. The molecule has 4 N–H and O–H groups in total. The second-order valence-electron chi connectivity index (χ2n) is 5.52. The Morgan fingerprint density at radius 1 is 0.923 bits per heavy atom. The zero-order chi connectivity index (χ0) is 18.8. The SMILES string of the molecule is CCCNC(=O)NC(=O)CNc1ccccc1C(=O)Nc1ccccc1. The number of nitrogens with one attached hydrogen (secondary N) is 4. The van der Waals surface area contributed by atoms with Crippen molar-refractivity contribution in [3.05, 3.63) is 60.2 Å². The van der Waals surface area contributed by atoms with Gasteiger partial charge in [0, 0.05) is 17.9 Å². The number of benzene rings is 2. The fourth-order valence-corrected chi connectivity index (χ4v) is 2.18. The van der Waals surface area contributed by atoms with Crippen LogP contribution in [0.25, 0.3) is 0 Å². The van der Waals surface area contributed by atoms with Gasteiger partial charge >= 0.3 is 6.03 Å². The molecule has 0 aliphatic heterocycles. The lowest BCUT2D eigenvalue weighted by molar-refractivity contribution is -0.118. The Kier molecular flexibility index (Phi) is 7.17. The lowest BCUT2D eigenvalue weighted by Gasteiger charge is -2.12. The Morgan fingerprint density at radius 3 is 2.35 bits per heavy atom. The van der Waals surface area contributed by atoms with Crippen molar-refractivity contribution in [3.8, 4) is 0 Å². The normalized spacial score (nSPS) is 9.88. The van der Waals surface area contributed by atoms with Crippen LogP contribution in [0.2, 0.25) is 0 Å². The van der Waals surface area contributed by atoms with Crippen molar-refractivity contribution in [2.24, 2.45) is 0 Å². The number of hydrogen-bond acceptors (Lipinski definition) is 4. The minimum atomic E-state index is -0.534. The number of anilines is 2. The molecule has 7 heteroatoms. The van der Waals surface area contributed by atoms with E-state index in [0.717, 1.165) is 6.42 Å². The monoisotopic (exact) mass is 354 g/mol. The van der Waals surface area contributed by atoms with Crippen LogP contribution >= 0.6 is 0 Å². The van der Waals surface area contributed by atoms with Crippen LogP contribution in [0.1, 0.15) is 23.7 Å². The Labute approximate surface area is 152 Å². The van der Waals surface area contributed by atoms with Crippen LogP contribution in [0.4, 0.5) is 16.2 Å². The summed E-state index contributed by atoms with van der Waals surface area (Å²) < 4.78 is 0. The second kappa shape index (κ2) is 9.83. The van der Waals surface area contributed by atoms with E-state index in [1.165, 1.54) is 0 Å². The van der Waals surface area contributed by atoms with Gasteiger partial charge in [-0.1, -0.05) is 37.3 Å². The summed E-state index contributed by atoms with van der Waals surface area (Å²) in [6.45, 7) is 2.28. The standard InChI is InChI=1S/C19H22N4O3/c1-2-12-20-19(26)23-17(24)13-21-16-11-7-6-10-15(16)18(25)22-14-8-4-3-5-9-14/h3-11,21H,2,12-13H2,1H3,(H,22,25)(H2,20,23,24,26). The molecule has 0 bridgehead atoms. The highest BCUT2D eigenvalue weighted by atomic mass is 16.2. The Bertz CT molecular complexity index is 762. The van der Waals surface area contributed by atoms with E-state index >= 15 is 0 Å². The van der Waals surface area contributed by atoms with Gasteiger partial charge in [0.05, 0.1) is 12.1 Å². The minimum absolute atomic E-state index is 0.130. The summed E-state index contributed by atoms with van der Waals surface area (Å²) in [6.07, 6.45) is 0.782. The first-order chi connectivity index (χ1) is 12.6. The van der Waals surface area contributed by atoms with E-state index in [0.29, 0.717) is 23.5 Å². The average Bonchev–Trinajstić information content (AvgIpc) is 2.65. The van der Waals surface area contributed by atoms with Gasteiger partial charge in [0.2, 0.25) is 5.91 Å². The highest BCUT2D eigenvalue weighted by Gasteiger charge is 2.13. The fourth-order valence-electron chi connectivity index (χ4n) is 2.18. The van der Waals surface area contributed by atoms with E-state index in [9.17, 15) is 14.4 Å². The number of carbonyl (C=O) groups is 3. The van der Waals surface area contributed by atoms with Crippen LogP contribution in [0.5, 0.6) is 0 Å². The van der Waals surface area contributed by atoms with Crippen molar-refractivity contribution < 1.29 is 14.4 Å². The van der Waals surface area contributed by atoms with Crippen LogP contribution in [0.3, 0.4) is 0 Å². The highest BCUT2D eigenvalue weighted by Crippen LogP contribution is 2.17. The molecule has 4 amide bonds. The molecule has 0 aliphatic carbocycles. The molecule has 0 unspecified atom stereocenters. The van der Waals surface area contributed by atoms with E-state index in [4.69, 9.17) is 0 Å². The number of urea groups is 1. The third-order valence-electron chi connectivity index (χ3n) is 3.43. The van der Waals surface area contributed by atoms with Crippen molar-refractivity contribution >= 4 is 29.2 Å². The molecule has 0 atom stereocenters. The van der Waals surface area contributed by atoms with Gasteiger partial charge < -0.3 is 16.0 Å². The molecular weight excluding hydrogens is 332 g/mol. The first-order valence-corrected chi connectivity index (χ1v) is 8.37. The molecule has 2 rings (SSSR count). The number of carbonyl (C=O) groups excluding carboxylic acids is 3. The van der Waals surface area contributed by atoms with Gasteiger partial charge in [0.15, 0.2) is 0 Å². The third kappa shape index (κ3) is 5.94. The van der Waals surface area contributed by atoms with Crippen LogP contribution in [-0.2, 0) is 4.79 Å². The second-order valence-corrected chi connectivity index (χ2v) is 5.52. The van der Waals surface area contributed by atoms with Gasteiger partial charge in [-0.25, -0.2) is 4.79 Å². The predicted molar refractivity (Wildman–Crippen MR) is 101 cm³/mol. The number of hydrogen-bond donors (Lipinski definition) is 4. The fraction of sp³-hybridized carbons (Fsp3) is 0.211. The van der Waals surface area contributed by atoms with Crippen molar-refractivity contribution in [1.82, 2.24) is 10.6 Å². The molecule has 0 radical (unpaired) electrons. The number of rotatable bonds is 7. The van der Waals surface area contributed by atoms with Gasteiger partial charge in [0.1, 0.15) is 0 Å². The predicted octanol–water partition coefficient (Wildman–Crippen LogP) is 2.59. The zero-order valence-corrected chi connectivity index (χ0v) is 14.5. The largest absolute Gasteiger partial charge is 0.375 e. The number of imide groups is 1. The van der Waals surface area contributed by atoms with Crippen LogP contribution in [0.15, 0.2) is 54.6 Å². The van der Waals surface area contributed by atoms with Crippen molar-refractivity contribution in [2.45, 2.75) is 13.3 Å². The summed E-state index contributed by atoms with van der Waals surface area (Å²) >= 11 is 0. The molecule has 0 fully saturated rings. The van der Waals surface area contributed by atoms with E-state index in [1.807, 2.05) is 25.1 Å². The van der Waals surface area contributed by atoms with Crippen molar-refractivity contribution in [3.63, 3.8) is 0 Å². The van der Waals surface area contributed by atoms with Crippen LogP contribution < -0.4 is 21.3 Å². The topological polar surface area (TPSA) is 99.3 Å². The molecule has 26 heavy (non-hydrogen) atoms. The third-order valence-corrected chi connectivity index (χ3v) is 3.43. The maximum Gasteiger partial charge on any atom is 0.321 e. The summed E-state index contributed by atoms with van der Waals surface area (Å²) in [5.41, 5.74) is 1.59. The maximum atomic E-state index is 12.5. The average molecular weight is 354 g/mol. The van der Waals surface area contributed by atoms with Crippen LogP contribution in [0, 0.1) is 0 Å². The molecule has 0 aliphatic rings. The van der Waals surface area contributed by atoms with E-state index < -0.39 is 11.9 Å². The molecular formula is C19H22N4O3. The Balaban J connectivity index is 1.95. The lowest BCUT2D eigenvalue weighted by atomic mass is 10.1. The Morgan fingerprint density at radius 2 is 1.62 bits per heavy atom. The smallest absolute Gasteiger partial charge is 0.321 e. The summed E-state index contributed by atoms with van der Waals surface area (Å²) in [5.74, 6) is -0.780. The summed E-state index contributed by atoms with van der Waals surface area (Å²) in [5, 5.41) is 10.5. The molecule has 136 valence electrons. The van der Waals surface area contributed by atoms with E-state index in [-0.39, 0.29) is 12.5 Å². The quantitative estimate of drug-likeness (QED) is 0.614. The van der Waals surface area contributed by atoms with Gasteiger partial charge in [-0.3, -0.25) is 14.9 Å². The van der Waals surface area contributed by atoms with Gasteiger partial charge in [-0.05, 0) is 30.7 Å². The minimum Gasteiger partial charge on any atom is -0.375 e. The Hall–Kier alpha value is -3.35. The van der Waals surface area contributed by atoms with E-state index in [1.54, 1.807) is 36.4 Å². The van der Waals surface area contributed by atoms with Crippen molar-refractivity contribution in [1.29, 1.82) is 0 Å². The summed E-state index contributed by atoms with van der Waals surface area (Å²) in [7, 11) is 0. The van der Waals surface area contributed by atoms with E-state index in [2.05, 4.69) is 21.3 Å². The van der Waals surface area contributed by atoms with Crippen molar-refractivity contribution in [2.75, 3.05) is 23.7 Å². The van der Waals surface area contributed by atoms with Crippen LogP contribution in [-0.4, -0.2) is 30.9 Å². The molecule has 0 saturated heterocycles. The zero-order valence-electron chi connectivity index (χ0n) is 14.5. The molecule has 0 saturated carbocycles. The van der Waals surface area contributed by atoms with Gasteiger partial charge in [-0.2, -0.15) is 0 Å². The van der Waals surface area contributed by atoms with Gasteiger partial charge in [0.25, 0.3) is 5.91 Å². The summed E-state index contributed by atoms with van der Waals surface area (Å²) in [6, 6.07) is 15.4. The molecule has 7 nitrogen and oxygen atoms in total. The first-order valence-electron chi connectivity index (χ1n) is 8.37. The van der Waals surface area contributed by atoms with Gasteiger partial charge in [-0.15, -0.1) is 0 Å². The first kappa shape index (κ1) is 19.0. The number of para-hydroxylation sites is 2. The lowest BCUT2D eigenvalue weighted by Crippen LogP contribution is -2.42. The maximum absolute atomic E-state index is 12.5. The molecule has 0 heterocycles. The molecule has 2 aromatic rings. The molecule has 2 aromatic carbocycles. The summed E-state index contributed by atoms with van der Waals surface area (Å²) in [4.78, 5) is 35.8.